The average molecular weight is 239 g/mol. The van der Waals surface area contributed by atoms with Gasteiger partial charge in [0.25, 0.3) is 0 Å². The Kier molecular flexibility index (Phi) is 2.49. The van der Waals surface area contributed by atoms with Crippen LogP contribution in [0, 0.1) is 0 Å². The minimum atomic E-state index is -0.803. The van der Waals surface area contributed by atoms with E-state index in [0.717, 1.165) is 11.1 Å². The lowest BCUT2D eigenvalue weighted by molar-refractivity contribution is -0.122. The van der Waals surface area contributed by atoms with Gasteiger partial charge in [0.2, 0.25) is 0 Å². The standard InChI is InChI=1S/C15H13NO2/c1-11(17)15(13-5-3-2-4-6-13)14(18-15)12-7-9-16-10-8-12/h2-10,14H,1H3. The monoisotopic (exact) mass is 239 g/mol. The van der Waals surface area contributed by atoms with Gasteiger partial charge in [0.05, 0.1) is 0 Å². The molecule has 3 nitrogen and oxygen atoms in total. The predicted octanol–water partition coefficient (Wildman–Crippen LogP) is 2.64. The Labute approximate surface area is 105 Å². The maximum atomic E-state index is 12.0. The molecule has 90 valence electrons. The molecule has 1 aliphatic heterocycles. The number of hydrogen-bond donors (Lipinski definition) is 0. The van der Waals surface area contributed by atoms with Gasteiger partial charge in [0.1, 0.15) is 6.10 Å². The van der Waals surface area contributed by atoms with Crippen LogP contribution in [0.1, 0.15) is 24.2 Å². The molecule has 2 unspecified atom stereocenters. The Morgan fingerprint density at radius 1 is 1.17 bits per heavy atom. The number of carbonyl (C=O) groups excluding carboxylic acids is 1. The lowest BCUT2D eigenvalue weighted by Gasteiger charge is -2.09. The van der Waals surface area contributed by atoms with Crippen LogP contribution in [-0.2, 0) is 15.1 Å². The summed E-state index contributed by atoms with van der Waals surface area (Å²) in [6.07, 6.45) is 3.24. The van der Waals surface area contributed by atoms with Crippen LogP contribution in [0.25, 0.3) is 0 Å². The van der Waals surface area contributed by atoms with Gasteiger partial charge < -0.3 is 4.74 Å². The minimum absolute atomic E-state index is 0.0375. The number of pyridine rings is 1. The zero-order chi connectivity index (χ0) is 12.6. The molecule has 0 aliphatic carbocycles. The Balaban J connectivity index is 2.01. The highest BCUT2D eigenvalue weighted by atomic mass is 16.6. The third kappa shape index (κ3) is 1.56. The van der Waals surface area contributed by atoms with Crippen molar-refractivity contribution >= 4 is 5.78 Å². The van der Waals surface area contributed by atoms with Gasteiger partial charge >= 0.3 is 0 Å². The van der Waals surface area contributed by atoms with Crippen molar-refractivity contribution in [1.29, 1.82) is 0 Å². The van der Waals surface area contributed by atoms with Gasteiger partial charge in [-0.1, -0.05) is 30.3 Å². The van der Waals surface area contributed by atoms with Crippen LogP contribution < -0.4 is 0 Å². The zero-order valence-electron chi connectivity index (χ0n) is 10.0. The summed E-state index contributed by atoms with van der Waals surface area (Å²) >= 11 is 0. The topological polar surface area (TPSA) is 42.5 Å². The van der Waals surface area contributed by atoms with Crippen LogP contribution >= 0.6 is 0 Å². The molecule has 1 saturated heterocycles. The van der Waals surface area contributed by atoms with E-state index in [1.54, 1.807) is 19.3 Å². The van der Waals surface area contributed by atoms with Crippen molar-refractivity contribution in [3.05, 3.63) is 66.0 Å². The van der Waals surface area contributed by atoms with Gasteiger partial charge in [-0.05, 0) is 30.2 Å². The summed E-state index contributed by atoms with van der Waals surface area (Å²) in [7, 11) is 0. The molecule has 0 spiro atoms. The van der Waals surface area contributed by atoms with Crippen molar-refractivity contribution in [2.75, 3.05) is 0 Å². The average Bonchev–Trinajstić information content (AvgIpc) is 3.18. The van der Waals surface area contributed by atoms with E-state index in [2.05, 4.69) is 4.98 Å². The van der Waals surface area contributed by atoms with Crippen molar-refractivity contribution in [3.63, 3.8) is 0 Å². The molecule has 18 heavy (non-hydrogen) atoms. The van der Waals surface area contributed by atoms with E-state index in [0.29, 0.717) is 0 Å². The maximum Gasteiger partial charge on any atom is 0.182 e. The van der Waals surface area contributed by atoms with Crippen molar-refractivity contribution in [2.24, 2.45) is 0 Å². The molecule has 1 aliphatic rings. The fraction of sp³-hybridized carbons (Fsp3) is 0.200. The first-order valence-corrected chi connectivity index (χ1v) is 5.89. The molecule has 0 radical (unpaired) electrons. The third-order valence-corrected chi connectivity index (χ3v) is 3.35. The molecular weight excluding hydrogens is 226 g/mol. The number of hydrogen-bond acceptors (Lipinski definition) is 3. The lowest BCUT2D eigenvalue weighted by Crippen LogP contribution is -2.20. The van der Waals surface area contributed by atoms with Crippen molar-refractivity contribution < 1.29 is 9.53 Å². The first kappa shape index (κ1) is 11.1. The third-order valence-electron chi connectivity index (χ3n) is 3.35. The number of ether oxygens (including phenoxy) is 1. The quantitative estimate of drug-likeness (QED) is 0.773. The molecule has 2 heterocycles. The summed E-state index contributed by atoms with van der Waals surface area (Å²) in [6, 6.07) is 13.4. The van der Waals surface area contributed by atoms with E-state index in [-0.39, 0.29) is 11.9 Å². The second-order valence-corrected chi connectivity index (χ2v) is 4.44. The second-order valence-electron chi connectivity index (χ2n) is 4.44. The summed E-state index contributed by atoms with van der Waals surface area (Å²) in [6.45, 7) is 1.58. The van der Waals surface area contributed by atoms with Crippen molar-refractivity contribution in [3.8, 4) is 0 Å². The smallest absolute Gasteiger partial charge is 0.182 e. The fourth-order valence-corrected chi connectivity index (χ4v) is 2.37. The number of carbonyl (C=O) groups is 1. The first-order chi connectivity index (χ1) is 8.75. The number of ketones is 1. The number of nitrogens with zero attached hydrogens (tertiary/aromatic N) is 1. The summed E-state index contributed by atoms with van der Waals surface area (Å²) in [5, 5.41) is 0. The molecule has 0 bridgehead atoms. The maximum absolute atomic E-state index is 12.0. The number of Topliss-reactive ketones (excluding diaryl/α,β-unsaturated/α-hetero) is 1. The summed E-state index contributed by atoms with van der Waals surface area (Å²) < 4.78 is 5.76. The van der Waals surface area contributed by atoms with Gasteiger partial charge in [-0.15, -0.1) is 0 Å². The Bertz CT molecular complexity index is 568. The number of benzene rings is 1. The van der Waals surface area contributed by atoms with Gasteiger partial charge in [-0.2, -0.15) is 0 Å². The first-order valence-electron chi connectivity index (χ1n) is 5.89. The van der Waals surface area contributed by atoms with Crippen molar-refractivity contribution in [2.45, 2.75) is 18.6 Å². The normalized spacial score (nSPS) is 25.7. The molecule has 1 aromatic heterocycles. The predicted molar refractivity (Wildman–Crippen MR) is 66.9 cm³/mol. The van der Waals surface area contributed by atoms with Crippen LogP contribution in [0.3, 0.4) is 0 Å². The molecule has 2 atom stereocenters. The largest absolute Gasteiger partial charge is 0.347 e. The van der Waals surface area contributed by atoms with Gasteiger partial charge in [-0.25, -0.2) is 0 Å². The molecule has 1 aromatic carbocycles. The van der Waals surface area contributed by atoms with E-state index in [1.165, 1.54) is 0 Å². The molecule has 0 amide bonds. The van der Waals surface area contributed by atoms with E-state index in [1.807, 2.05) is 42.5 Å². The fourth-order valence-electron chi connectivity index (χ4n) is 2.37. The highest BCUT2D eigenvalue weighted by Crippen LogP contribution is 2.57. The van der Waals surface area contributed by atoms with Gasteiger partial charge in [-0.3, -0.25) is 9.78 Å². The highest BCUT2D eigenvalue weighted by Gasteiger charge is 2.62. The van der Waals surface area contributed by atoms with Crippen LogP contribution in [-0.4, -0.2) is 10.8 Å². The number of aromatic nitrogens is 1. The summed E-state index contributed by atoms with van der Waals surface area (Å²) in [4.78, 5) is 16.0. The molecule has 2 aromatic rings. The number of rotatable bonds is 3. The second kappa shape index (κ2) is 4.03. The van der Waals surface area contributed by atoms with Crippen LogP contribution in [0.4, 0.5) is 0 Å². The SMILES string of the molecule is CC(=O)C1(c2ccccc2)OC1c1ccncc1. The highest BCUT2D eigenvalue weighted by molar-refractivity contribution is 5.90. The Hall–Kier alpha value is -2.00. The Morgan fingerprint density at radius 3 is 2.44 bits per heavy atom. The zero-order valence-corrected chi connectivity index (χ0v) is 10.0. The van der Waals surface area contributed by atoms with Gasteiger partial charge in [0, 0.05) is 12.4 Å². The molecule has 0 N–H and O–H groups in total. The molecule has 3 heteroatoms. The molecule has 0 saturated carbocycles. The van der Waals surface area contributed by atoms with Crippen molar-refractivity contribution in [1.82, 2.24) is 4.98 Å². The molecular formula is C15H13NO2. The van der Waals surface area contributed by atoms with E-state index in [9.17, 15) is 4.79 Å². The summed E-state index contributed by atoms with van der Waals surface area (Å²) in [5.74, 6) is 0.0375. The van der Waals surface area contributed by atoms with E-state index < -0.39 is 5.60 Å². The van der Waals surface area contributed by atoms with Crippen LogP contribution in [0.2, 0.25) is 0 Å². The van der Waals surface area contributed by atoms with Gasteiger partial charge in [0.15, 0.2) is 11.4 Å². The summed E-state index contributed by atoms with van der Waals surface area (Å²) in [5.41, 5.74) is 1.10. The van der Waals surface area contributed by atoms with E-state index in [4.69, 9.17) is 4.74 Å². The lowest BCUT2D eigenvalue weighted by atomic mass is 9.89. The number of epoxide rings is 1. The van der Waals surface area contributed by atoms with E-state index >= 15 is 0 Å². The molecule has 3 rings (SSSR count). The Morgan fingerprint density at radius 2 is 1.83 bits per heavy atom. The minimum Gasteiger partial charge on any atom is -0.347 e. The van der Waals surface area contributed by atoms with Crippen LogP contribution in [0.15, 0.2) is 54.9 Å². The van der Waals surface area contributed by atoms with Crippen LogP contribution in [0.5, 0.6) is 0 Å². The molecule has 1 fully saturated rings.